The van der Waals surface area contributed by atoms with Crippen molar-refractivity contribution in [1.82, 2.24) is 10.3 Å². The van der Waals surface area contributed by atoms with E-state index in [4.69, 9.17) is 0 Å². The number of nitrogens with one attached hydrogen (secondary N) is 1. The molecule has 0 radical (unpaired) electrons. The van der Waals surface area contributed by atoms with Crippen molar-refractivity contribution in [2.75, 3.05) is 17.3 Å². The van der Waals surface area contributed by atoms with Gasteiger partial charge in [0.15, 0.2) is 9.84 Å². The predicted octanol–water partition coefficient (Wildman–Crippen LogP) is 1.65. The van der Waals surface area contributed by atoms with Gasteiger partial charge >= 0.3 is 6.18 Å². The van der Waals surface area contributed by atoms with Gasteiger partial charge in [-0.25, -0.2) is 13.4 Å². The van der Waals surface area contributed by atoms with Crippen LogP contribution in [0.2, 0.25) is 0 Å². The van der Waals surface area contributed by atoms with E-state index in [0.29, 0.717) is 18.2 Å². The van der Waals surface area contributed by atoms with Gasteiger partial charge in [-0.05, 0) is 18.6 Å². The Labute approximate surface area is 129 Å². The molecule has 0 saturated carbocycles. The molecule has 1 N–H and O–H groups in total. The second kappa shape index (κ2) is 6.45. The highest BCUT2D eigenvalue weighted by Gasteiger charge is 2.31. The highest BCUT2D eigenvalue weighted by atomic mass is 32.2. The minimum Gasteiger partial charge on any atom is -0.348 e. The molecular weight excluding hydrogens is 341 g/mol. The number of hydrogen-bond donors (Lipinski definition) is 1. The molecule has 0 unspecified atom stereocenters. The van der Waals surface area contributed by atoms with Crippen LogP contribution in [0.1, 0.15) is 16.8 Å². The fraction of sp³-hybridized carbons (Fsp3) is 0.500. The molecule has 1 saturated heterocycles. The first-order chi connectivity index (χ1) is 10.2. The maximum atomic E-state index is 12.3. The molecule has 0 bridgehead atoms. The van der Waals surface area contributed by atoms with Gasteiger partial charge in [0.05, 0.1) is 22.8 Å². The molecular formula is C12H13F3N2O3S2. The summed E-state index contributed by atoms with van der Waals surface area (Å²) >= 11 is 0.425. The smallest absolute Gasteiger partial charge is 0.348 e. The molecule has 122 valence electrons. The first-order valence-corrected chi connectivity index (χ1v) is 9.13. The summed E-state index contributed by atoms with van der Waals surface area (Å²) in [5, 5.41) is 2.51. The van der Waals surface area contributed by atoms with Gasteiger partial charge in [-0.3, -0.25) is 4.79 Å². The molecule has 1 fully saturated rings. The van der Waals surface area contributed by atoms with Crippen molar-refractivity contribution in [2.45, 2.75) is 23.7 Å². The number of thioether (sulfide) groups is 1. The van der Waals surface area contributed by atoms with Gasteiger partial charge in [-0.15, -0.1) is 0 Å². The van der Waals surface area contributed by atoms with Gasteiger partial charge in [0, 0.05) is 12.2 Å². The van der Waals surface area contributed by atoms with Gasteiger partial charge in [0.2, 0.25) is 0 Å². The van der Waals surface area contributed by atoms with Crippen molar-refractivity contribution in [3.8, 4) is 0 Å². The highest BCUT2D eigenvalue weighted by molar-refractivity contribution is 7.99. The third-order valence-corrected chi connectivity index (χ3v) is 5.79. The van der Waals surface area contributed by atoms with E-state index < -0.39 is 33.7 Å². The Hall–Kier alpha value is -1.29. The number of carbonyl (C=O) groups excluding carboxylic acids is 1. The van der Waals surface area contributed by atoms with Gasteiger partial charge in [-0.1, -0.05) is 11.8 Å². The van der Waals surface area contributed by atoms with E-state index in [9.17, 15) is 26.4 Å². The van der Waals surface area contributed by atoms with Crippen molar-refractivity contribution < 1.29 is 26.4 Å². The zero-order valence-corrected chi connectivity index (χ0v) is 12.9. The Kier molecular flexibility index (Phi) is 5.00. The topological polar surface area (TPSA) is 76.1 Å². The van der Waals surface area contributed by atoms with E-state index in [1.54, 1.807) is 0 Å². The van der Waals surface area contributed by atoms with Gasteiger partial charge < -0.3 is 5.32 Å². The number of halogens is 3. The van der Waals surface area contributed by atoms with Gasteiger partial charge in [0.1, 0.15) is 5.03 Å². The molecule has 1 aliphatic rings. The standard InChI is InChI=1S/C12H13F3N2O3S2/c13-12(14,15)7-21-11-9(2-1-4-16-11)10(18)17-8-3-5-22(19,20)6-8/h1-2,4,8H,3,5-7H2,(H,17,18)/t8-/m1/s1. The Morgan fingerprint density at radius 3 is 2.77 bits per heavy atom. The summed E-state index contributed by atoms with van der Waals surface area (Å²) in [5.74, 6) is -1.91. The number of hydrogen-bond acceptors (Lipinski definition) is 5. The monoisotopic (exact) mass is 354 g/mol. The molecule has 1 atom stereocenters. The van der Waals surface area contributed by atoms with Crippen molar-refractivity contribution >= 4 is 27.5 Å². The van der Waals surface area contributed by atoms with Crippen LogP contribution in [0, 0.1) is 0 Å². The van der Waals surface area contributed by atoms with Crippen LogP contribution in [0.5, 0.6) is 0 Å². The van der Waals surface area contributed by atoms with Crippen LogP contribution in [0.4, 0.5) is 13.2 Å². The summed E-state index contributed by atoms with van der Waals surface area (Å²) in [6.07, 6.45) is -2.76. The van der Waals surface area contributed by atoms with Gasteiger partial charge in [0.25, 0.3) is 5.91 Å². The molecule has 0 aromatic carbocycles. The molecule has 10 heteroatoms. The summed E-state index contributed by atoms with van der Waals surface area (Å²) in [4.78, 5) is 15.9. The van der Waals surface area contributed by atoms with Crippen LogP contribution in [0.15, 0.2) is 23.4 Å². The Balaban J connectivity index is 2.06. The second-order valence-corrected chi connectivity index (χ2v) is 8.03. The summed E-state index contributed by atoms with van der Waals surface area (Å²) in [6.45, 7) is 0. The van der Waals surface area contributed by atoms with Crippen LogP contribution in [0.25, 0.3) is 0 Å². The molecule has 2 heterocycles. The molecule has 1 aliphatic heterocycles. The van der Waals surface area contributed by atoms with Gasteiger partial charge in [-0.2, -0.15) is 13.2 Å². The van der Waals surface area contributed by atoms with E-state index in [-0.39, 0.29) is 22.1 Å². The largest absolute Gasteiger partial charge is 0.398 e. The molecule has 1 aromatic rings. The quantitative estimate of drug-likeness (QED) is 0.832. The normalized spacial score (nSPS) is 20.8. The molecule has 1 amide bonds. The number of amides is 1. The lowest BCUT2D eigenvalue weighted by Gasteiger charge is -2.13. The number of rotatable bonds is 4. The fourth-order valence-corrected chi connectivity index (χ4v) is 4.43. The number of aromatic nitrogens is 1. The average molecular weight is 354 g/mol. The predicted molar refractivity (Wildman–Crippen MR) is 75.5 cm³/mol. The molecule has 1 aromatic heterocycles. The zero-order chi connectivity index (χ0) is 16.4. The summed E-state index contributed by atoms with van der Waals surface area (Å²) in [6, 6.07) is 2.29. The summed E-state index contributed by atoms with van der Waals surface area (Å²) in [5.41, 5.74) is 0.0149. The van der Waals surface area contributed by atoms with E-state index in [1.807, 2.05) is 0 Å². The van der Waals surface area contributed by atoms with Crippen LogP contribution in [-0.2, 0) is 9.84 Å². The maximum Gasteiger partial charge on any atom is 0.398 e. The SMILES string of the molecule is O=C(N[C@@H]1CCS(=O)(=O)C1)c1cccnc1SCC(F)(F)F. The molecule has 5 nitrogen and oxygen atoms in total. The average Bonchev–Trinajstić information content (AvgIpc) is 2.75. The maximum absolute atomic E-state index is 12.3. The second-order valence-electron chi connectivity index (χ2n) is 4.83. The Bertz CT molecular complexity index is 662. The van der Waals surface area contributed by atoms with Crippen molar-refractivity contribution in [2.24, 2.45) is 0 Å². The lowest BCUT2D eigenvalue weighted by molar-refractivity contribution is -0.105. The van der Waals surface area contributed by atoms with E-state index in [2.05, 4.69) is 10.3 Å². The van der Waals surface area contributed by atoms with Crippen molar-refractivity contribution in [3.63, 3.8) is 0 Å². The summed E-state index contributed by atoms with van der Waals surface area (Å²) in [7, 11) is -3.15. The Morgan fingerprint density at radius 2 is 2.18 bits per heavy atom. The number of carbonyl (C=O) groups is 1. The third kappa shape index (κ3) is 4.87. The van der Waals surface area contributed by atoms with Crippen LogP contribution in [0.3, 0.4) is 0 Å². The van der Waals surface area contributed by atoms with Crippen molar-refractivity contribution in [3.05, 3.63) is 23.9 Å². The fourth-order valence-electron chi connectivity index (χ4n) is 2.00. The number of pyridine rings is 1. The summed E-state index contributed by atoms with van der Waals surface area (Å²) < 4.78 is 59.5. The number of sulfone groups is 1. The Morgan fingerprint density at radius 1 is 1.45 bits per heavy atom. The van der Waals surface area contributed by atoms with E-state index in [1.165, 1.54) is 18.3 Å². The van der Waals surface area contributed by atoms with Crippen LogP contribution in [-0.4, -0.2) is 48.8 Å². The van der Waals surface area contributed by atoms with E-state index in [0.717, 1.165) is 0 Å². The molecule has 0 aliphatic carbocycles. The molecule has 2 rings (SSSR count). The minimum absolute atomic E-state index is 0.000662. The van der Waals surface area contributed by atoms with E-state index >= 15 is 0 Å². The first kappa shape index (κ1) is 17.1. The molecule has 22 heavy (non-hydrogen) atoms. The first-order valence-electron chi connectivity index (χ1n) is 6.32. The minimum atomic E-state index is -4.37. The lowest BCUT2D eigenvalue weighted by Crippen LogP contribution is -2.36. The zero-order valence-electron chi connectivity index (χ0n) is 11.3. The third-order valence-electron chi connectivity index (χ3n) is 2.96. The van der Waals surface area contributed by atoms with Crippen LogP contribution >= 0.6 is 11.8 Å². The van der Waals surface area contributed by atoms with Crippen molar-refractivity contribution in [1.29, 1.82) is 0 Å². The number of nitrogens with zero attached hydrogens (tertiary/aromatic N) is 1. The number of alkyl halides is 3. The molecule has 0 spiro atoms. The lowest BCUT2D eigenvalue weighted by atomic mass is 10.2. The van der Waals surface area contributed by atoms with Crippen LogP contribution < -0.4 is 5.32 Å². The highest BCUT2D eigenvalue weighted by Crippen LogP contribution is 2.28.